The SMILES string of the molecule is C/C(=C\I)C[C@@H](C)CO[Si](C)(C)C(C)(C)C. The van der Waals surface area contributed by atoms with Gasteiger partial charge < -0.3 is 4.43 Å². The number of allylic oxidation sites excluding steroid dienone is 1. The summed E-state index contributed by atoms with van der Waals surface area (Å²) in [5.74, 6) is 0.625. The van der Waals surface area contributed by atoms with Crippen LogP contribution in [0.3, 0.4) is 0 Å². The van der Waals surface area contributed by atoms with Crippen molar-refractivity contribution in [2.75, 3.05) is 6.61 Å². The molecule has 0 heterocycles. The van der Waals surface area contributed by atoms with E-state index in [1.54, 1.807) is 0 Å². The highest BCUT2D eigenvalue weighted by atomic mass is 127. The summed E-state index contributed by atoms with van der Waals surface area (Å²) in [6.45, 7) is 16.9. The maximum Gasteiger partial charge on any atom is 0.191 e. The van der Waals surface area contributed by atoms with Crippen LogP contribution in [0.4, 0.5) is 0 Å². The van der Waals surface area contributed by atoms with Crippen molar-refractivity contribution in [2.45, 2.75) is 59.2 Å². The van der Waals surface area contributed by atoms with E-state index in [0.717, 1.165) is 13.0 Å². The molecule has 0 aromatic carbocycles. The van der Waals surface area contributed by atoms with Gasteiger partial charge in [0.2, 0.25) is 0 Å². The number of hydrogen-bond acceptors (Lipinski definition) is 1. The average Bonchev–Trinajstić information content (AvgIpc) is 2.13. The van der Waals surface area contributed by atoms with Crippen LogP contribution in [-0.4, -0.2) is 14.9 Å². The first kappa shape index (κ1) is 16.6. The molecule has 0 aliphatic carbocycles. The fourth-order valence-corrected chi connectivity index (χ4v) is 2.61. The summed E-state index contributed by atoms with van der Waals surface area (Å²) < 4.78 is 8.38. The minimum atomic E-state index is -1.55. The van der Waals surface area contributed by atoms with Crippen molar-refractivity contribution in [3.05, 3.63) is 9.66 Å². The van der Waals surface area contributed by atoms with Gasteiger partial charge in [0, 0.05) is 6.61 Å². The molecule has 0 aromatic rings. The summed E-state index contributed by atoms with van der Waals surface area (Å²) in [6, 6.07) is 0. The lowest BCUT2D eigenvalue weighted by Crippen LogP contribution is -2.41. The Hall–Kier alpha value is 0.647. The lowest BCUT2D eigenvalue weighted by Gasteiger charge is -2.37. The minimum absolute atomic E-state index is 0.320. The largest absolute Gasteiger partial charge is 0.417 e. The number of hydrogen-bond donors (Lipinski definition) is 0. The molecule has 0 aliphatic heterocycles. The Balaban J connectivity index is 4.15. The Morgan fingerprint density at radius 3 is 2.25 bits per heavy atom. The lowest BCUT2D eigenvalue weighted by atomic mass is 10.1. The van der Waals surface area contributed by atoms with E-state index >= 15 is 0 Å². The fourth-order valence-electron chi connectivity index (χ4n) is 1.22. The molecule has 0 rings (SSSR count). The first-order chi connectivity index (χ1) is 7.10. The van der Waals surface area contributed by atoms with Crippen molar-refractivity contribution < 1.29 is 4.43 Å². The second kappa shape index (κ2) is 6.54. The van der Waals surface area contributed by atoms with Crippen molar-refractivity contribution in [1.29, 1.82) is 0 Å². The molecule has 0 bridgehead atoms. The van der Waals surface area contributed by atoms with Crippen LogP contribution in [0.25, 0.3) is 0 Å². The predicted octanol–water partition coefficient (Wildman–Crippen LogP) is 5.37. The highest BCUT2D eigenvalue weighted by Gasteiger charge is 2.37. The molecular weight excluding hydrogens is 327 g/mol. The summed E-state index contributed by atoms with van der Waals surface area (Å²) in [5.41, 5.74) is 1.45. The van der Waals surface area contributed by atoms with Gasteiger partial charge in [0.15, 0.2) is 8.32 Å². The van der Waals surface area contributed by atoms with E-state index in [2.05, 4.69) is 74.4 Å². The molecule has 0 saturated heterocycles. The fraction of sp³-hybridized carbons (Fsp3) is 0.846. The third kappa shape index (κ3) is 5.82. The molecule has 0 aliphatic rings. The van der Waals surface area contributed by atoms with E-state index in [-0.39, 0.29) is 0 Å². The molecule has 0 radical (unpaired) electrons. The second-order valence-electron chi connectivity index (χ2n) is 6.34. The van der Waals surface area contributed by atoms with Crippen LogP contribution < -0.4 is 0 Å². The average molecular weight is 354 g/mol. The molecule has 1 nitrogen and oxygen atoms in total. The van der Waals surface area contributed by atoms with Crippen LogP contribution in [0.1, 0.15) is 41.0 Å². The van der Waals surface area contributed by atoms with E-state index in [1.807, 2.05) is 0 Å². The summed E-state index contributed by atoms with van der Waals surface area (Å²) in [7, 11) is -1.55. The van der Waals surface area contributed by atoms with Crippen molar-refractivity contribution in [3.8, 4) is 0 Å². The number of halogens is 1. The van der Waals surface area contributed by atoms with Crippen molar-refractivity contribution in [3.63, 3.8) is 0 Å². The van der Waals surface area contributed by atoms with E-state index in [4.69, 9.17) is 4.43 Å². The van der Waals surface area contributed by atoms with Crippen molar-refractivity contribution in [1.82, 2.24) is 0 Å². The van der Waals surface area contributed by atoms with E-state index < -0.39 is 8.32 Å². The molecule has 16 heavy (non-hydrogen) atoms. The highest BCUT2D eigenvalue weighted by molar-refractivity contribution is 14.1. The zero-order chi connectivity index (χ0) is 13.0. The molecule has 1 atom stereocenters. The minimum Gasteiger partial charge on any atom is -0.417 e. The summed E-state index contributed by atoms with van der Waals surface area (Å²) in [5, 5.41) is 0.320. The van der Waals surface area contributed by atoms with Gasteiger partial charge >= 0.3 is 0 Å². The van der Waals surface area contributed by atoms with Crippen LogP contribution in [0, 0.1) is 5.92 Å². The summed E-state index contributed by atoms with van der Waals surface area (Å²) in [4.78, 5) is 0. The van der Waals surface area contributed by atoms with Gasteiger partial charge in [0.25, 0.3) is 0 Å². The Kier molecular flexibility index (Phi) is 6.81. The Bertz CT molecular complexity index is 241. The molecule has 0 aromatic heterocycles. The van der Waals surface area contributed by atoms with E-state index in [9.17, 15) is 0 Å². The maximum absolute atomic E-state index is 6.21. The first-order valence-corrected chi connectivity index (χ1v) is 10.2. The molecular formula is C13H27IOSi. The second-order valence-corrected chi connectivity index (χ2v) is 11.8. The molecule has 96 valence electrons. The molecule has 0 unspecified atom stereocenters. The highest BCUT2D eigenvalue weighted by Crippen LogP contribution is 2.36. The van der Waals surface area contributed by atoms with Gasteiger partial charge in [0.05, 0.1) is 0 Å². The monoisotopic (exact) mass is 354 g/mol. The quantitative estimate of drug-likeness (QED) is 0.476. The summed E-state index contributed by atoms with van der Waals surface area (Å²) in [6.07, 6.45) is 1.15. The van der Waals surface area contributed by atoms with Gasteiger partial charge in [-0.15, -0.1) is 0 Å². The van der Waals surface area contributed by atoms with Gasteiger partial charge in [-0.2, -0.15) is 0 Å². The number of rotatable bonds is 5. The van der Waals surface area contributed by atoms with Crippen molar-refractivity contribution >= 4 is 30.9 Å². The predicted molar refractivity (Wildman–Crippen MR) is 84.7 cm³/mol. The maximum atomic E-state index is 6.21. The molecule has 0 spiro atoms. The van der Waals surface area contributed by atoms with Crippen LogP contribution in [-0.2, 0) is 4.43 Å². The standard InChI is InChI=1S/C13H27IOSi/c1-11(9-14)8-12(2)10-15-16(6,7)13(3,4)5/h9,12H,8,10H2,1-7H3/b11-9+/t12-/m1/s1. The zero-order valence-corrected chi connectivity index (χ0v) is 15.0. The molecule has 0 fully saturated rings. The van der Waals surface area contributed by atoms with E-state index in [0.29, 0.717) is 11.0 Å². The van der Waals surface area contributed by atoms with Gasteiger partial charge in [-0.05, 0) is 41.5 Å². The molecule has 3 heteroatoms. The van der Waals surface area contributed by atoms with Crippen LogP contribution >= 0.6 is 22.6 Å². The van der Waals surface area contributed by atoms with Crippen LogP contribution in [0.15, 0.2) is 9.66 Å². The first-order valence-electron chi connectivity index (χ1n) is 6.00. The van der Waals surface area contributed by atoms with Crippen LogP contribution in [0.2, 0.25) is 18.1 Å². The van der Waals surface area contributed by atoms with Gasteiger partial charge in [-0.1, -0.05) is 55.9 Å². The normalized spacial score (nSPS) is 16.4. The smallest absolute Gasteiger partial charge is 0.191 e. The molecule has 0 saturated carbocycles. The topological polar surface area (TPSA) is 9.23 Å². The third-order valence-electron chi connectivity index (χ3n) is 3.39. The van der Waals surface area contributed by atoms with Crippen LogP contribution in [0.5, 0.6) is 0 Å². The Morgan fingerprint density at radius 2 is 1.88 bits per heavy atom. The lowest BCUT2D eigenvalue weighted by molar-refractivity contribution is 0.237. The molecule has 0 N–H and O–H groups in total. The van der Waals surface area contributed by atoms with Crippen molar-refractivity contribution in [2.24, 2.45) is 5.92 Å². The van der Waals surface area contributed by atoms with Gasteiger partial charge in [-0.25, -0.2) is 0 Å². The van der Waals surface area contributed by atoms with E-state index in [1.165, 1.54) is 5.57 Å². The Labute approximate surface area is 116 Å². The zero-order valence-electron chi connectivity index (χ0n) is 11.9. The summed E-state index contributed by atoms with van der Waals surface area (Å²) >= 11 is 2.31. The third-order valence-corrected chi connectivity index (χ3v) is 8.96. The van der Waals surface area contributed by atoms with Gasteiger partial charge in [-0.3, -0.25) is 0 Å². The molecule has 0 amide bonds. The Morgan fingerprint density at radius 1 is 1.38 bits per heavy atom. The van der Waals surface area contributed by atoms with Gasteiger partial charge in [0.1, 0.15) is 0 Å².